The van der Waals surface area contributed by atoms with Crippen molar-refractivity contribution >= 4 is 34.9 Å². The summed E-state index contributed by atoms with van der Waals surface area (Å²) in [7, 11) is 0. The van der Waals surface area contributed by atoms with Gasteiger partial charge < -0.3 is 14.3 Å². The fourth-order valence-electron chi connectivity index (χ4n) is 4.75. The van der Waals surface area contributed by atoms with Gasteiger partial charge in [0.1, 0.15) is 11.4 Å². The lowest BCUT2D eigenvalue weighted by Crippen LogP contribution is -2.41. The van der Waals surface area contributed by atoms with Crippen molar-refractivity contribution in [2.45, 2.75) is 44.6 Å². The molecule has 10 nitrogen and oxygen atoms in total. The zero-order valence-electron chi connectivity index (χ0n) is 20.4. The van der Waals surface area contributed by atoms with E-state index in [2.05, 4.69) is 21.4 Å². The Morgan fingerprint density at radius 1 is 1.22 bits per heavy atom. The number of fused-ring (bicyclic) bond motifs is 1. The fraction of sp³-hybridized carbons (Fsp3) is 0.370. The molecule has 1 aromatic carbocycles. The van der Waals surface area contributed by atoms with Crippen LogP contribution in [0, 0.1) is 0 Å². The van der Waals surface area contributed by atoms with E-state index >= 15 is 0 Å². The van der Waals surface area contributed by atoms with Gasteiger partial charge in [-0.2, -0.15) is 0 Å². The highest BCUT2D eigenvalue weighted by Gasteiger charge is 2.32. The third-order valence-electron chi connectivity index (χ3n) is 6.62. The minimum atomic E-state index is -1.04. The van der Waals surface area contributed by atoms with Gasteiger partial charge in [-0.1, -0.05) is 6.07 Å². The number of rotatable bonds is 8. The summed E-state index contributed by atoms with van der Waals surface area (Å²) < 4.78 is 10.8. The zero-order chi connectivity index (χ0) is 25.6. The molecule has 2 fully saturated rings. The Labute approximate surface area is 214 Å². The first-order chi connectivity index (χ1) is 18.0. The van der Waals surface area contributed by atoms with Gasteiger partial charge in [-0.05, 0) is 66.8 Å². The third kappa shape index (κ3) is 6.34. The maximum absolute atomic E-state index is 12.1. The van der Waals surface area contributed by atoms with E-state index < -0.39 is 18.3 Å². The molecule has 10 heteroatoms. The number of benzene rings is 1. The number of ether oxygens (including phenoxy) is 1. The first-order valence-corrected chi connectivity index (χ1v) is 12.5. The Balaban J connectivity index is 1.16. The highest BCUT2D eigenvalue weighted by Crippen LogP contribution is 2.25. The second-order valence-electron chi connectivity index (χ2n) is 9.29. The molecular weight excluding hydrogens is 476 g/mol. The number of hydrogen-bond donors (Lipinski definition) is 2. The van der Waals surface area contributed by atoms with Crippen LogP contribution < -0.4 is 10.4 Å². The second kappa shape index (κ2) is 11.5. The van der Waals surface area contributed by atoms with Crippen LogP contribution in [0.3, 0.4) is 0 Å². The molecule has 2 aliphatic rings. The summed E-state index contributed by atoms with van der Waals surface area (Å²) in [6.07, 6.45) is 8.17. The smallest absolute Gasteiger partial charge is 0.413 e. The summed E-state index contributed by atoms with van der Waals surface area (Å²) in [5, 5.41) is 11.0. The number of nitrogens with zero attached hydrogens (tertiary/aromatic N) is 3. The lowest BCUT2D eigenvalue weighted by molar-refractivity contribution is -0.198. The summed E-state index contributed by atoms with van der Waals surface area (Å²) in [6, 6.07) is 11.2. The molecule has 2 aliphatic heterocycles. The fourth-order valence-corrected chi connectivity index (χ4v) is 4.75. The molecule has 1 unspecified atom stereocenters. The van der Waals surface area contributed by atoms with Crippen LogP contribution in [0.1, 0.15) is 36.8 Å². The molecule has 0 radical (unpaired) electrons. The van der Waals surface area contributed by atoms with Crippen molar-refractivity contribution in [3.8, 4) is 0 Å². The number of likely N-dealkylation sites (tertiary alicyclic amines) is 1. The molecule has 5 rings (SSSR count). The van der Waals surface area contributed by atoms with E-state index in [1.807, 2.05) is 18.2 Å². The Morgan fingerprint density at radius 2 is 2.14 bits per heavy atom. The Hall–Kier alpha value is -3.73. The summed E-state index contributed by atoms with van der Waals surface area (Å²) in [6.45, 7) is 2.77. The average molecular weight is 507 g/mol. The van der Waals surface area contributed by atoms with Gasteiger partial charge in [-0.3, -0.25) is 14.6 Å². The van der Waals surface area contributed by atoms with Gasteiger partial charge in [-0.25, -0.2) is 20.1 Å². The standard InChI is InChI=1S/C27H30N4O6/c32-25(29-37-26-3-1-2-13-36-26)9-6-19-5-8-24(28-16-19)31(27(33)34)22-10-12-30(18-22)17-20-4-7-23-21(15-20)11-14-35-23/h4-9,11,14-16,22,26H,1-3,10,12-13,17-18H2,(H,29,32)(H,33,34)/t22-,26?/m1/s1. The van der Waals surface area contributed by atoms with Crippen LogP contribution in [-0.2, 0) is 20.9 Å². The second-order valence-corrected chi connectivity index (χ2v) is 9.29. The molecule has 0 bridgehead atoms. The molecule has 194 valence electrons. The van der Waals surface area contributed by atoms with Gasteiger partial charge >= 0.3 is 6.09 Å². The molecular formula is C27H30N4O6. The zero-order valence-corrected chi connectivity index (χ0v) is 20.4. The van der Waals surface area contributed by atoms with E-state index in [0.717, 1.165) is 48.9 Å². The molecule has 2 N–H and O–H groups in total. The highest BCUT2D eigenvalue weighted by atomic mass is 16.8. The lowest BCUT2D eigenvalue weighted by atomic mass is 10.1. The number of amides is 2. The number of carbonyl (C=O) groups is 2. The summed E-state index contributed by atoms with van der Waals surface area (Å²) in [5.41, 5.74) is 5.05. The molecule has 3 aromatic rings. The van der Waals surface area contributed by atoms with Gasteiger partial charge in [0.05, 0.1) is 12.3 Å². The van der Waals surface area contributed by atoms with Gasteiger partial charge in [0, 0.05) is 50.3 Å². The number of carboxylic acid groups (broad SMARTS) is 1. The van der Waals surface area contributed by atoms with Crippen molar-refractivity contribution in [1.82, 2.24) is 15.4 Å². The maximum Gasteiger partial charge on any atom is 0.413 e. The number of anilines is 1. The number of furan rings is 1. The van der Waals surface area contributed by atoms with Crippen LogP contribution >= 0.6 is 0 Å². The quantitative estimate of drug-likeness (QED) is 0.345. The molecule has 0 saturated carbocycles. The van der Waals surface area contributed by atoms with E-state index in [9.17, 15) is 14.7 Å². The van der Waals surface area contributed by atoms with E-state index in [-0.39, 0.29) is 6.04 Å². The lowest BCUT2D eigenvalue weighted by Gasteiger charge is -2.25. The van der Waals surface area contributed by atoms with Crippen LogP contribution in [-0.4, -0.2) is 59.0 Å². The van der Waals surface area contributed by atoms with Crippen LogP contribution in [0.2, 0.25) is 0 Å². The van der Waals surface area contributed by atoms with Crippen molar-refractivity contribution in [2.24, 2.45) is 0 Å². The minimum Gasteiger partial charge on any atom is -0.465 e. The van der Waals surface area contributed by atoms with Crippen molar-refractivity contribution in [2.75, 3.05) is 24.6 Å². The van der Waals surface area contributed by atoms with Crippen molar-refractivity contribution in [3.05, 3.63) is 66.1 Å². The van der Waals surface area contributed by atoms with Crippen LogP contribution in [0.25, 0.3) is 17.0 Å². The van der Waals surface area contributed by atoms with Crippen molar-refractivity contribution < 1.29 is 28.7 Å². The molecule has 0 aliphatic carbocycles. The van der Waals surface area contributed by atoms with E-state index in [4.69, 9.17) is 14.0 Å². The summed E-state index contributed by atoms with van der Waals surface area (Å²) in [5.74, 6) is -0.0538. The van der Waals surface area contributed by atoms with Gasteiger partial charge in [-0.15, -0.1) is 0 Å². The molecule has 2 saturated heterocycles. The van der Waals surface area contributed by atoms with Crippen LogP contribution in [0.4, 0.5) is 10.6 Å². The Bertz CT molecular complexity index is 1250. The summed E-state index contributed by atoms with van der Waals surface area (Å²) in [4.78, 5) is 37.4. The van der Waals surface area contributed by atoms with E-state index in [0.29, 0.717) is 31.0 Å². The summed E-state index contributed by atoms with van der Waals surface area (Å²) >= 11 is 0. The number of pyridine rings is 1. The average Bonchev–Trinajstić information content (AvgIpc) is 3.57. The topological polar surface area (TPSA) is 117 Å². The molecule has 2 amide bonds. The maximum atomic E-state index is 12.1. The van der Waals surface area contributed by atoms with Gasteiger partial charge in [0.25, 0.3) is 5.91 Å². The van der Waals surface area contributed by atoms with Gasteiger partial charge in [0.15, 0.2) is 6.29 Å². The van der Waals surface area contributed by atoms with Crippen molar-refractivity contribution in [1.29, 1.82) is 0 Å². The third-order valence-corrected chi connectivity index (χ3v) is 6.62. The number of hydroxylamine groups is 1. The first kappa shape index (κ1) is 24.9. The Kier molecular flexibility index (Phi) is 7.79. The first-order valence-electron chi connectivity index (χ1n) is 12.5. The number of nitrogens with one attached hydrogen (secondary N) is 1. The molecule has 37 heavy (non-hydrogen) atoms. The molecule has 0 spiro atoms. The molecule has 2 aromatic heterocycles. The minimum absolute atomic E-state index is 0.200. The monoisotopic (exact) mass is 506 g/mol. The van der Waals surface area contributed by atoms with Crippen LogP contribution in [0.5, 0.6) is 0 Å². The predicted octanol–water partition coefficient (Wildman–Crippen LogP) is 4.17. The predicted molar refractivity (Wildman–Crippen MR) is 136 cm³/mol. The SMILES string of the molecule is O=C(C=Cc1ccc(N(C(=O)O)[C@@H]2CCN(Cc3ccc4occc4c3)C2)nc1)NOC1CCCCO1. The van der Waals surface area contributed by atoms with Gasteiger partial charge in [0.2, 0.25) is 0 Å². The van der Waals surface area contributed by atoms with E-state index in [1.165, 1.54) is 11.0 Å². The normalized spacial score (nSPS) is 20.4. The van der Waals surface area contributed by atoms with Crippen LogP contribution in [0.15, 0.2) is 59.4 Å². The highest BCUT2D eigenvalue weighted by molar-refractivity contribution is 5.91. The molecule has 4 heterocycles. The number of hydrogen-bond acceptors (Lipinski definition) is 7. The Morgan fingerprint density at radius 3 is 2.92 bits per heavy atom. The molecule has 2 atom stereocenters. The number of aromatic nitrogens is 1. The van der Waals surface area contributed by atoms with E-state index in [1.54, 1.807) is 30.7 Å². The number of carbonyl (C=O) groups excluding carboxylic acids is 1. The largest absolute Gasteiger partial charge is 0.465 e. The van der Waals surface area contributed by atoms with Crippen molar-refractivity contribution in [3.63, 3.8) is 0 Å².